The van der Waals surface area contributed by atoms with Crippen molar-refractivity contribution in [1.82, 2.24) is 16.0 Å². The summed E-state index contributed by atoms with van der Waals surface area (Å²) in [4.78, 5) is 16.2. The lowest BCUT2D eigenvalue weighted by Gasteiger charge is -2.14. The second-order valence-corrected chi connectivity index (χ2v) is 6.91. The minimum Gasteiger partial charge on any atom is -0.374 e. The van der Waals surface area contributed by atoms with Gasteiger partial charge in [0.15, 0.2) is 5.96 Å². The van der Waals surface area contributed by atoms with E-state index in [0.717, 1.165) is 44.7 Å². The standard InChI is InChI=1S/C21H34N4O2.HI/c1-3-22-21(23-14-7-11-20(26)25-19-12-13-19)24-15-8-16-27-17(2)18-9-5-4-6-10-18;/h4-6,9-10,17,19H,3,7-8,11-16H2,1-2H3,(H,25,26)(H2,22,23,24);1H. The van der Waals surface area contributed by atoms with Gasteiger partial charge < -0.3 is 20.7 Å². The molecule has 3 N–H and O–H groups in total. The van der Waals surface area contributed by atoms with E-state index in [2.05, 4.69) is 40.0 Å². The summed E-state index contributed by atoms with van der Waals surface area (Å²) in [6, 6.07) is 10.7. The van der Waals surface area contributed by atoms with Gasteiger partial charge in [0.05, 0.1) is 6.10 Å². The lowest BCUT2D eigenvalue weighted by atomic mass is 10.1. The molecule has 0 bridgehead atoms. The summed E-state index contributed by atoms with van der Waals surface area (Å²) >= 11 is 0. The van der Waals surface area contributed by atoms with E-state index in [0.29, 0.717) is 25.6 Å². The van der Waals surface area contributed by atoms with Gasteiger partial charge in [-0.05, 0) is 45.1 Å². The van der Waals surface area contributed by atoms with Crippen molar-refractivity contribution in [3.05, 3.63) is 35.9 Å². The van der Waals surface area contributed by atoms with Crippen molar-refractivity contribution in [2.75, 3.05) is 26.2 Å². The molecule has 0 saturated heterocycles. The van der Waals surface area contributed by atoms with Crippen LogP contribution < -0.4 is 16.0 Å². The Kier molecular flexibility index (Phi) is 12.9. The van der Waals surface area contributed by atoms with Gasteiger partial charge in [-0.1, -0.05) is 30.3 Å². The van der Waals surface area contributed by atoms with Crippen molar-refractivity contribution in [1.29, 1.82) is 0 Å². The molecule has 1 fully saturated rings. The molecule has 158 valence electrons. The molecule has 2 rings (SSSR count). The van der Waals surface area contributed by atoms with Gasteiger partial charge in [-0.25, -0.2) is 0 Å². The fraction of sp³-hybridized carbons (Fsp3) is 0.619. The largest absolute Gasteiger partial charge is 0.374 e. The lowest BCUT2D eigenvalue weighted by molar-refractivity contribution is -0.121. The SMILES string of the molecule is CCNC(=NCCCC(=O)NC1CC1)NCCCOC(C)c1ccccc1.I. The minimum absolute atomic E-state index is 0. The van der Waals surface area contributed by atoms with Crippen LogP contribution in [0.3, 0.4) is 0 Å². The Bertz CT molecular complexity index is 579. The van der Waals surface area contributed by atoms with E-state index in [1.165, 1.54) is 5.56 Å². The maximum atomic E-state index is 11.7. The molecule has 7 heteroatoms. The van der Waals surface area contributed by atoms with Crippen molar-refractivity contribution in [2.24, 2.45) is 4.99 Å². The minimum atomic E-state index is 0. The third-order valence-corrected chi connectivity index (χ3v) is 4.37. The number of aliphatic imine (C=N–C) groups is 1. The van der Waals surface area contributed by atoms with Crippen LogP contribution in [-0.4, -0.2) is 44.1 Å². The second kappa shape index (κ2) is 14.6. The molecule has 0 spiro atoms. The highest BCUT2D eigenvalue weighted by Crippen LogP contribution is 2.18. The molecule has 1 atom stereocenters. The Hall–Kier alpha value is -1.35. The summed E-state index contributed by atoms with van der Waals surface area (Å²) in [6.45, 7) is 7.09. The highest BCUT2D eigenvalue weighted by Gasteiger charge is 2.22. The van der Waals surface area contributed by atoms with Gasteiger partial charge in [-0.15, -0.1) is 24.0 Å². The highest BCUT2D eigenvalue weighted by molar-refractivity contribution is 14.0. The van der Waals surface area contributed by atoms with Gasteiger partial charge in [-0.2, -0.15) is 0 Å². The zero-order chi connectivity index (χ0) is 19.3. The normalized spacial score (nSPS) is 14.7. The molecule has 1 amide bonds. The van der Waals surface area contributed by atoms with Gasteiger partial charge in [-0.3, -0.25) is 9.79 Å². The zero-order valence-electron chi connectivity index (χ0n) is 17.1. The lowest BCUT2D eigenvalue weighted by Crippen LogP contribution is -2.38. The first-order valence-electron chi connectivity index (χ1n) is 10.2. The fourth-order valence-corrected chi connectivity index (χ4v) is 2.66. The van der Waals surface area contributed by atoms with Crippen LogP contribution in [0.25, 0.3) is 0 Å². The molecule has 0 aromatic heterocycles. The van der Waals surface area contributed by atoms with Crippen LogP contribution in [0, 0.1) is 0 Å². The summed E-state index contributed by atoms with van der Waals surface area (Å²) in [7, 11) is 0. The number of guanidine groups is 1. The molecule has 0 heterocycles. The number of benzene rings is 1. The third kappa shape index (κ3) is 10.8. The molecule has 1 saturated carbocycles. The van der Waals surface area contributed by atoms with E-state index in [4.69, 9.17) is 4.74 Å². The number of carbonyl (C=O) groups excluding carboxylic acids is 1. The first-order valence-corrected chi connectivity index (χ1v) is 10.2. The van der Waals surface area contributed by atoms with Crippen molar-refractivity contribution in [3.63, 3.8) is 0 Å². The van der Waals surface area contributed by atoms with Crippen molar-refractivity contribution >= 4 is 35.8 Å². The summed E-state index contributed by atoms with van der Waals surface area (Å²) < 4.78 is 5.89. The number of nitrogens with zero attached hydrogens (tertiary/aromatic N) is 1. The molecule has 0 radical (unpaired) electrons. The summed E-state index contributed by atoms with van der Waals surface area (Å²) in [5, 5.41) is 9.56. The van der Waals surface area contributed by atoms with Gasteiger partial charge in [0, 0.05) is 38.7 Å². The molecule has 1 unspecified atom stereocenters. The molecular formula is C21H35IN4O2. The smallest absolute Gasteiger partial charge is 0.220 e. The molecule has 1 aliphatic carbocycles. The number of rotatable bonds is 12. The Morgan fingerprint density at radius 1 is 1.21 bits per heavy atom. The maximum Gasteiger partial charge on any atom is 0.220 e. The van der Waals surface area contributed by atoms with E-state index in [1.807, 2.05) is 25.1 Å². The molecule has 6 nitrogen and oxygen atoms in total. The van der Waals surface area contributed by atoms with Gasteiger partial charge in [0.2, 0.25) is 5.91 Å². The van der Waals surface area contributed by atoms with Crippen molar-refractivity contribution < 1.29 is 9.53 Å². The van der Waals surface area contributed by atoms with Crippen LogP contribution in [0.1, 0.15) is 57.6 Å². The van der Waals surface area contributed by atoms with Crippen molar-refractivity contribution in [2.45, 2.75) is 58.1 Å². The van der Waals surface area contributed by atoms with Crippen LogP contribution in [0.15, 0.2) is 35.3 Å². The highest BCUT2D eigenvalue weighted by atomic mass is 127. The third-order valence-electron chi connectivity index (χ3n) is 4.37. The number of hydrogen-bond donors (Lipinski definition) is 3. The first-order chi connectivity index (χ1) is 13.2. The van der Waals surface area contributed by atoms with Crippen LogP contribution in [0.2, 0.25) is 0 Å². The Labute approximate surface area is 186 Å². The molecule has 1 aliphatic rings. The second-order valence-electron chi connectivity index (χ2n) is 6.91. The number of nitrogens with one attached hydrogen (secondary N) is 3. The van der Waals surface area contributed by atoms with E-state index >= 15 is 0 Å². The average Bonchev–Trinajstić information content (AvgIpc) is 3.49. The van der Waals surface area contributed by atoms with Crippen LogP contribution in [-0.2, 0) is 9.53 Å². The molecule has 1 aromatic carbocycles. The predicted octanol–water partition coefficient (Wildman–Crippen LogP) is 3.39. The van der Waals surface area contributed by atoms with Gasteiger partial charge in [0.25, 0.3) is 0 Å². The number of ether oxygens (including phenoxy) is 1. The number of amides is 1. The van der Waals surface area contributed by atoms with E-state index in [9.17, 15) is 4.79 Å². The van der Waals surface area contributed by atoms with Gasteiger partial charge >= 0.3 is 0 Å². The average molecular weight is 502 g/mol. The molecule has 0 aliphatic heterocycles. The molecule has 28 heavy (non-hydrogen) atoms. The maximum absolute atomic E-state index is 11.7. The van der Waals surface area contributed by atoms with Crippen LogP contribution in [0.4, 0.5) is 0 Å². The van der Waals surface area contributed by atoms with E-state index in [1.54, 1.807) is 0 Å². The van der Waals surface area contributed by atoms with Crippen molar-refractivity contribution in [3.8, 4) is 0 Å². The summed E-state index contributed by atoms with van der Waals surface area (Å²) in [5.41, 5.74) is 1.20. The molecule has 1 aromatic rings. The number of hydrogen-bond acceptors (Lipinski definition) is 3. The first kappa shape index (κ1) is 24.7. The zero-order valence-corrected chi connectivity index (χ0v) is 19.4. The monoisotopic (exact) mass is 502 g/mol. The Balaban J connectivity index is 0.00000392. The molecular weight excluding hydrogens is 467 g/mol. The van der Waals surface area contributed by atoms with Crippen LogP contribution >= 0.6 is 24.0 Å². The Morgan fingerprint density at radius 2 is 1.96 bits per heavy atom. The van der Waals surface area contributed by atoms with E-state index < -0.39 is 0 Å². The number of carbonyl (C=O) groups is 1. The number of halogens is 1. The Morgan fingerprint density at radius 3 is 2.64 bits per heavy atom. The van der Waals surface area contributed by atoms with Crippen LogP contribution in [0.5, 0.6) is 0 Å². The van der Waals surface area contributed by atoms with E-state index in [-0.39, 0.29) is 36.0 Å². The van der Waals surface area contributed by atoms with Gasteiger partial charge in [0.1, 0.15) is 0 Å². The summed E-state index contributed by atoms with van der Waals surface area (Å²) in [5.74, 6) is 0.951. The summed E-state index contributed by atoms with van der Waals surface area (Å²) in [6.07, 6.45) is 4.59. The predicted molar refractivity (Wildman–Crippen MR) is 125 cm³/mol. The fourth-order valence-electron chi connectivity index (χ4n) is 2.66. The quantitative estimate of drug-likeness (QED) is 0.177. The topological polar surface area (TPSA) is 74.8 Å².